The number of halogens is 3. The predicted molar refractivity (Wildman–Crippen MR) is 55.2 cm³/mol. The molecule has 12 heavy (non-hydrogen) atoms. The Labute approximate surface area is 87.4 Å². The summed E-state index contributed by atoms with van der Waals surface area (Å²) in [6.07, 6.45) is 0. The second-order valence-electron chi connectivity index (χ2n) is 2.72. The Kier molecular flexibility index (Phi) is 3.28. The van der Waals surface area contributed by atoms with Gasteiger partial charge in [-0.25, -0.2) is 0 Å². The van der Waals surface area contributed by atoms with E-state index in [-0.39, 0.29) is 0 Å². The zero-order valence-electron chi connectivity index (χ0n) is 6.79. The summed E-state index contributed by atoms with van der Waals surface area (Å²) in [7, 11) is 0. The summed E-state index contributed by atoms with van der Waals surface area (Å²) in [4.78, 5) is 0. The average Bonchev–Trinajstić information content (AvgIpc) is 1.97. The van der Waals surface area contributed by atoms with E-state index in [0.717, 1.165) is 11.5 Å². The van der Waals surface area contributed by atoms with Crippen molar-refractivity contribution >= 4 is 34.8 Å². The van der Waals surface area contributed by atoms with E-state index in [1.54, 1.807) is 12.1 Å². The van der Waals surface area contributed by atoms with Crippen molar-refractivity contribution in [3.05, 3.63) is 38.7 Å². The van der Waals surface area contributed by atoms with E-state index in [9.17, 15) is 0 Å². The first kappa shape index (κ1) is 10.2. The monoisotopic (exact) mass is 221 g/mol. The van der Waals surface area contributed by atoms with Gasteiger partial charge in [-0.15, -0.1) is 0 Å². The highest BCUT2D eigenvalue weighted by molar-refractivity contribution is 6.44. The van der Waals surface area contributed by atoms with E-state index in [0.29, 0.717) is 15.1 Å². The molecule has 65 valence electrons. The Morgan fingerprint density at radius 3 is 1.92 bits per heavy atom. The van der Waals surface area contributed by atoms with E-state index in [1.807, 2.05) is 13.8 Å². The summed E-state index contributed by atoms with van der Waals surface area (Å²) < 4.78 is 0. The van der Waals surface area contributed by atoms with Crippen LogP contribution in [0.15, 0.2) is 12.1 Å². The Hall–Kier alpha value is 0.0900. The number of hydrogen-bond acceptors (Lipinski definition) is 0. The minimum atomic E-state index is 0.532. The van der Waals surface area contributed by atoms with Gasteiger partial charge in [0.1, 0.15) is 0 Å². The summed E-state index contributed by atoms with van der Waals surface area (Å²) in [5.74, 6) is 1.06. The van der Waals surface area contributed by atoms with Crippen LogP contribution in [-0.2, 0) is 0 Å². The molecule has 0 fully saturated rings. The maximum absolute atomic E-state index is 5.96. The molecule has 0 amide bonds. The molecule has 0 aliphatic heterocycles. The molecule has 0 nitrogen and oxygen atoms in total. The third kappa shape index (κ3) is 1.87. The molecule has 0 N–H and O–H groups in total. The van der Waals surface area contributed by atoms with Crippen molar-refractivity contribution in [3.8, 4) is 0 Å². The topological polar surface area (TPSA) is 0 Å². The van der Waals surface area contributed by atoms with Crippen LogP contribution >= 0.6 is 34.8 Å². The van der Waals surface area contributed by atoms with Crippen molar-refractivity contribution in [2.24, 2.45) is 0 Å². The van der Waals surface area contributed by atoms with Crippen LogP contribution in [0.3, 0.4) is 0 Å². The smallest absolute Gasteiger partial charge is 0.0644 e. The molecule has 1 radical (unpaired) electrons. The van der Waals surface area contributed by atoms with Gasteiger partial charge in [0, 0.05) is 10.9 Å². The van der Waals surface area contributed by atoms with Crippen molar-refractivity contribution in [1.82, 2.24) is 0 Å². The molecule has 0 aliphatic carbocycles. The lowest BCUT2D eigenvalue weighted by Crippen LogP contribution is -1.91. The minimum Gasteiger partial charge on any atom is -0.0840 e. The lowest BCUT2D eigenvalue weighted by Gasteiger charge is -2.10. The molecule has 1 rings (SSSR count). The Morgan fingerprint density at radius 1 is 1.00 bits per heavy atom. The Bertz CT molecular complexity index is 292. The first-order valence-corrected chi connectivity index (χ1v) is 4.61. The fourth-order valence-corrected chi connectivity index (χ4v) is 1.89. The van der Waals surface area contributed by atoms with Gasteiger partial charge in [-0.3, -0.25) is 0 Å². The van der Waals surface area contributed by atoms with E-state index < -0.39 is 0 Å². The van der Waals surface area contributed by atoms with E-state index in [4.69, 9.17) is 34.8 Å². The fourth-order valence-electron chi connectivity index (χ4n) is 0.985. The molecule has 1 aromatic rings. The van der Waals surface area contributed by atoms with Gasteiger partial charge in [-0.05, 0) is 17.7 Å². The van der Waals surface area contributed by atoms with Crippen molar-refractivity contribution in [2.45, 2.75) is 13.8 Å². The Morgan fingerprint density at radius 2 is 1.50 bits per heavy atom. The van der Waals surface area contributed by atoms with Crippen LogP contribution in [-0.4, -0.2) is 0 Å². The molecule has 0 unspecified atom stereocenters. The standard InChI is InChI=1S/C9H8Cl3/c1-5(2)8-6(10)3-4-7(11)9(8)12/h3-4H,1-2H3. The molecule has 0 aliphatic rings. The number of rotatable bonds is 1. The third-order valence-electron chi connectivity index (χ3n) is 1.54. The van der Waals surface area contributed by atoms with Gasteiger partial charge in [-0.2, -0.15) is 0 Å². The average molecular weight is 223 g/mol. The van der Waals surface area contributed by atoms with Gasteiger partial charge < -0.3 is 0 Å². The molecular weight excluding hydrogens is 214 g/mol. The van der Waals surface area contributed by atoms with Gasteiger partial charge in [0.15, 0.2) is 0 Å². The number of hydrogen-bond donors (Lipinski definition) is 0. The zero-order chi connectivity index (χ0) is 9.30. The van der Waals surface area contributed by atoms with Crippen molar-refractivity contribution in [1.29, 1.82) is 0 Å². The molecule has 0 saturated carbocycles. The minimum absolute atomic E-state index is 0.532. The van der Waals surface area contributed by atoms with Crippen molar-refractivity contribution in [3.63, 3.8) is 0 Å². The van der Waals surface area contributed by atoms with Gasteiger partial charge in [0.25, 0.3) is 0 Å². The lowest BCUT2D eigenvalue weighted by molar-refractivity contribution is 1.15. The zero-order valence-corrected chi connectivity index (χ0v) is 9.06. The van der Waals surface area contributed by atoms with Crippen LogP contribution < -0.4 is 0 Å². The first-order chi connectivity index (χ1) is 5.54. The summed E-state index contributed by atoms with van der Waals surface area (Å²) in [6.45, 7) is 3.90. The molecule has 0 spiro atoms. The molecule has 1 aromatic carbocycles. The fraction of sp³-hybridized carbons (Fsp3) is 0.222. The maximum atomic E-state index is 5.96. The third-order valence-corrected chi connectivity index (χ3v) is 2.66. The molecule has 0 aromatic heterocycles. The largest absolute Gasteiger partial charge is 0.0840 e. The van der Waals surface area contributed by atoms with Crippen LogP contribution in [0.4, 0.5) is 0 Å². The van der Waals surface area contributed by atoms with E-state index in [2.05, 4.69) is 0 Å². The molecule has 3 heteroatoms. The molecule has 0 heterocycles. The summed E-state index contributed by atoms with van der Waals surface area (Å²) in [5, 5.41) is 1.71. The Balaban J connectivity index is 3.33. The second-order valence-corrected chi connectivity index (χ2v) is 3.91. The van der Waals surface area contributed by atoms with E-state index in [1.165, 1.54) is 0 Å². The second kappa shape index (κ2) is 3.87. The quantitative estimate of drug-likeness (QED) is 0.609. The van der Waals surface area contributed by atoms with Crippen molar-refractivity contribution in [2.75, 3.05) is 0 Å². The van der Waals surface area contributed by atoms with Crippen molar-refractivity contribution < 1.29 is 0 Å². The number of benzene rings is 1. The summed E-state index contributed by atoms with van der Waals surface area (Å²) in [5.41, 5.74) is 0.839. The van der Waals surface area contributed by atoms with Gasteiger partial charge in [0.05, 0.1) is 10.0 Å². The lowest BCUT2D eigenvalue weighted by atomic mass is 10.0. The molecule has 0 atom stereocenters. The summed E-state index contributed by atoms with van der Waals surface area (Å²) in [6, 6.07) is 3.44. The predicted octanol–water partition coefficient (Wildman–Crippen LogP) is 4.61. The van der Waals surface area contributed by atoms with Crippen LogP contribution in [0.1, 0.15) is 19.4 Å². The van der Waals surface area contributed by atoms with Gasteiger partial charge >= 0.3 is 0 Å². The molecular formula is C9H8Cl3. The van der Waals surface area contributed by atoms with Gasteiger partial charge in [-0.1, -0.05) is 48.7 Å². The van der Waals surface area contributed by atoms with Crippen LogP contribution in [0, 0.1) is 5.92 Å². The summed E-state index contributed by atoms with van der Waals surface area (Å²) >= 11 is 17.7. The maximum Gasteiger partial charge on any atom is 0.0644 e. The molecule has 0 bridgehead atoms. The highest BCUT2D eigenvalue weighted by Gasteiger charge is 2.12. The molecule has 0 saturated heterocycles. The van der Waals surface area contributed by atoms with E-state index >= 15 is 0 Å². The first-order valence-electron chi connectivity index (χ1n) is 3.48. The highest BCUT2D eigenvalue weighted by Crippen LogP contribution is 2.35. The highest BCUT2D eigenvalue weighted by atomic mass is 35.5. The SMILES string of the molecule is C[C](C)c1c(Cl)ccc(Cl)c1Cl. The van der Waals surface area contributed by atoms with Crippen LogP contribution in [0.2, 0.25) is 15.1 Å². The van der Waals surface area contributed by atoms with Gasteiger partial charge in [0.2, 0.25) is 0 Å². The van der Waals surface area contributed by atoms with Crippen LogP contribution in [0.25, 0.3) is 0 Å². The normalized spacial score (nSPS) is 10.8. The van der Waals surface area contributed by atoms with Crippen LogP contribution in [0.5, 0.6) is 0 Å².